The fourth-order valence-corrected chi connectivity index (χ4v) is 6.04. The molecule has 2 aromatic rings. The van der Waals surface area contributed by atoms with E-state index in [0.29, 0.717) is 24.5 Å². The SMILES string of the molecule is CCc1ccc2c(c1)CCN1C[C@@H]3CCCN(C(=O)NCCc4ccccc4)[C@@H]3C[C@H]21. The predicted molar refractivity (Wildman–Crippen MR) is 125 cm³/mol. The predicted octanol–water partition coefficient (Wildman–Crippen LogP) is 4.58. The van der Waals surface area contributed by atoms with Crippen LogP contribution in [0.25, 0.3) is 0 Å². The van der Waals surface area contributed by atoms with Crippen molar-refractivity contribution in [3.63, 3.8) is 0 Å². The van der Waals surface area contributed by atoms with Crippen molar-refractivity contribution in [1.82, 2.24) is 15.1 Å². The van der Waals surface area contributed by atoms with E-state index in [-0.39, 0.29) is 6.03 Å². The zero-order valence-corrected chi connectivity index (χ0v) is 18.7. The summed E-state index contributed by atoms with van der Waals surface area (Å²) >= 11 is 0. The number of aryl methyl sites for hydroxylation is 1. The molecule has 4 heteroatoms. The lowest BCUT2D eigenvalue weighted by molar-refractivity contribution is 0.00578. The summed E-state index contributed by atoms with van der Waals surface area (Å²) in [5.41, 5.74) is 5.77. The Morgan fingerprint density at radius 1 is 1.10 bits per heavy atom. The van der Waals surface area contributed by atoms with E-state index in [1.807, 2.05) is 6.07 Å². The molecule has 3 atom stereocenters. The Balaban J connectivity index is 1.27. The second-order valence-corrected chi connectivity index (χ2v) is 9.51. The van der Waals surface area contributed by atoms with Crippen LogP contribution >= 0.6 is 0 Å². The topological polar surface area (TPSA) is 35.6 Å². The number of fused-ring (bicyclic) bond motifs is 4. The number of nitrogens with one attached hydrogen (secondary N) is 1. The Labute approximate surface area is 186 Å². The van der Waals surface area contributed by atoms with Gasteiger partial charge >= 0.3 is 6.03 Å². The van der Waals surface area contributed by atoms with Gasteiger partial charge in [-0.25, -0.2) is 4.79 Å². The lowest BCUT2D eigenvalue weighted by Gasteiger charge is -2.52. The summed E-state index contributed by atoms with van der Waals surface area (Å²) in [6.07, 6.45) is 6.61. The molecule has 3 aliphatic rings. The van der Waals surface area contributed by atoms with E-state index < -0.39 is 0 Å². The standard InChI is InChI=1S/C27H35N3O/c1-2-20-10-11-24-22(17-20)13-16-29-19-23-9-6-15-30(25(23)18-26(24)29)27(31)28-14-12-21-7-4-3-5-8-21/h3-5,7-8,10-11,17,23,25-26H,2,6,9,12-16,18-19H2,1H3,(H,28,31)/t23-,25+,26+/m0/s1. The molecule has 0 radical (unpaired) electrons. The fraction of sp³-hybridized carbons (Fsp3) is 0.519. The molecule has 3 aliphatic heterocycles. The summed E-state index contributed by atoms with van der Waals surface area (Å²) < 4.78 is 0. The molecule has 0 aliphatic carbocycles. The highest BCUT2D eigenvalue weighted by Crippen LogP contribution is 2.43. The first-order valence-corrected chi connectivity index (χ1v) is 12.2. The lowest BCUT2D eigenvalue weighted by Crippen LogP contribution is -2.59. The average Bonchev–Trinajstić information content (AvgIpc) is 2.82. The number of hydrogen-bond donors (Lipinski definition) is 1. The largest absolute Gasteiger partial charge is 0.338 e. The van der Waals surface area contributed by atoms with Crippen LogP contribution < -0.4 is 5.32 Å². The molecule has 0 spiro atoms. The van der Waals surface area contributed by atoms with Crippen molar-refractivity contribution in [1.29, 1.82) is 0 Å². The summed E-state index contributed by atoms with van der Waals surface area (Å²) in [5.74, 6) is 0.612. The zero-order chi connectivity index (χ0) is 21.2. The van der Waals surface area contributed by atoms with Crippen molar-refractivity contribution >= 4 is 6.03 Å². The number of carbonyl (C=O) groups excluding carboxylic acids is 1. The van der Waals surface area contributed by atoms with Crippen LogP contribution in [0.2, 0.25) is 0 Å². The van der Waals surface area contributed by atoms with E-state index in [9.17, 15) is 4.79 Å². The summed E-state index contributed by atoms with van der Waals surface area (Å²) in [5, 5.41) is 3.21. The van der Waals surface area contributed by atoms with E-state index >= 15 is 0 Å². The molecular weight excluding hydrogens is 382 g/mol. The van der Waals surface area contributed by atoms with Gasteiger partial charge in [0.2, 0.25) is 0 Å². The van der Waals surface area contributed by atoms with E-state index in [2.05, 4.69) is 64.5 Å². The van der Waals surface area contributed by atoms with Crippen molar-refractivity contribution in [3.8, 4) is 0 Å². The Morgan fingerprint density at radius 2 is 1.97 bits per heavy atom. The number of hydrogen-bond acceptors (Lipinski definition) is 2. The molecule has 2 saturated heterocycles. The maximum absolute atomic E-state index is 13.1. The number of benzene rings is 2. The minimum Gasteiger partial charge on any atom is -0.338 e. The van der Waals surface area contributed by atoms with Crippen LogP contribution in [0.3, 0.4) is 0 Å². The Morgan fingerprint density at radius 3 is 2.81 bits per heavy atom. The molecule has 1 N–H and O–H groups in total. The number of rotatable bonds is 4. The summed E-state index contributed by atoms with van der Waals surface area (Å²) in [4.78, 5) is 18.0. The number of carbonyl (C=O) groups is 1. The minimum atomic E-state index is 0.136. The fourth-order valence-electron chi connectivity index (χ4n) is 6.04. The van der Waals surface area contributed by atoms with Gasteiger partial charge in [0.25, 0.3) is 0 Å². The van der Waals surface area contributed by atoms with Crippen LogP contribution in [-0.4, -0.2) is 48.1 Å². The molecule has 2 aromatic carbocycles. The molecule has 3 heterocycles. The molecule has 2 fully saturated rings. The zero-order valence-electron chi connectivity index (χ0n) is 18.7. The normalized spacial score (nSPS) is 25.3. The molecule has 0 aromatic heterocycles. The first kappa shape index (κ1) is 20.6. The summed E-state index contributed by atoms with van der Waals surface area (Å²) in [6.45, 7) is 6.13. The number of nitrogens with zero attached hydrogens (tertiary/aromatic N) is 2. The molecule has 4 nitrogen and oxygen atoms in total. The highest BCUT2D eigenvalue weighted by atomic mass is 16.2. The van der Waals surface area contributed by atoms with Gasteiger partial charge in [-0.2, -0.15) is 0 Å². The quantitative estimate of drug-likeness (QED) is 0.790. The van der Waals surface area contributed by atoms with Crippen LogP contribution in [0.1, 0.15) is 54.5 Å². The Kier molecular flexibility index (Phi) is 5.99. The van der Waals surface area contributed by atoms with E-state index in [1.54, 1.807) is 0 Å². The van der Waals surface area contributed by atoms with Crippen molar-refractivity contribution in [2.24, 2.45) is 5.92 Å². The monoisotopic (exact) mass is 417 g/mol. The highest BCUT2D eigenvalue weighted by Gasteiger charge is 2.43. The van der Waals surface area contributed by atoms with Gasteiger partial charge in [0.05, 0.1) is 0 Å². The number of piperidine rings is 2. The summed E-state index contributed by atoms with van der Waals surface area (Å²) in [6, 6.07) is 18.5. The van der Waals surface area contributed by atoms with Crippen LogP contribution in [0.15, 0.2) is 48.5 Å². The van der Waals surface area contributed by atoms with Gasteiger partial charge in [-0.3, -0.25) is 4.90 Å². The molecule has 0 saturated carbocycles. The summed E-state index contributed by atoms with van der Waals surface area (Å²) in [7, 11) is 0. The third-order valence-electron chi connectivity index (χ3n) is 7.73. The molecule has 2 amide bonds. The molecular formula is C27H35N3O. The van der Waals surface area contributed by atoms with Crippen LogP contribution in [-0.2, 0) is 19.3 Å². The van der Waals surface area contributed by atoms with Crippen LogP contribution in [0.5, 0.6) is 0 Å². The van der Waals surface area contributed by atoms with Crippen molar-refractivity contribution in [2.75, 3.05) is 26.2 Å². The van der Waals surface area contributed by atoms with E-state index in [1.165, 1.54) is 35.1 Å². The molecule has 5 rings (SSSR count). The third kappa shape index (κ3) is 4.23. The van der Waals surface area contributed by atoms with Gasteiger partial charge in [-0.1, -0.05) is 55.5 Å². The first-order valence-electron chi connectivity index (χ1n) is 12.2. The van der Waals surface area contributed by atoms with Gasteiger partial charge in [-0.15, -0.1) is 0 Å². The Bertz CT molecular complexity index is 912. The average molecular weight is 418 g/mol. The second-order valence-electron chi connectivity index (χ2n) is 9.51. The van der Waals surface area contributed by atoms with Gasteiger partial charge in [0.15, 0.2) is 0 Å². The van der Waals surface area contributed by atoms with Gasteiger partial charge < -0.3 is 10.2 Å². The van der Waals surface area contributed by atoms with Gasteiger partial charge in [0.1, 0.15) is 0 Å². The van der Waals surface area contributed by atoms with E-state index in [4.69, 9.17) is 0 Å². The van der Waals surface area contributed by atoms with Crippen LogP contribution in [0, 0.1) is 5.92 Å². The molecule has 0 bridgehead atoms. The maximum Gasteiger partial charge on any atom is 0.317 e. The lowest BCUT2D eigenvalue weighted by atomic mass is 9.76. The molecule has 31 heavy (non-hydrogen) atoms. The van der Waals surface area contributed by atoms with Gasteiger partial charge in [0, 0.05) is 38.3 Å². The second kappa shape index (κ2) is 9.04. The minimum absolute atomic E-state index is 0.136. The van der Waals surface area contributed by atoms with Gasteiger partial charge in [-0.05, 0) is 66.7 Å². The third-order valence-corrected chi connectivity index (χ3v) is 7.73. The highest BCUT2D eigenvalue weighted by molar-refractivity contribution is 5.74. The molecule has 164 valence electrons. The number of urea groups is 1. The van der Waals surface area contributed by atoms with Crippen molar-refractivity contribution in [2.45, 2.75) is 57.5 Å². The van der Waals surface area contributed by atoms with Crippen molar-refractivity contribution in [3.05, 3.63) is 70.8 Å². The number of amides is 2. The maximum atomic E-state index is 13.1. The van der Waals surface area contributed by atoms with E-state index in [0.717, 1.165) is 45.3 Å². The number of likely N-dealkylation sites (tertiary alicyclic amines) is 1. The smallest absolute Gasteiger partial charge is 0.317 e. The van der Waals surface area contributed by atoms with Crippen LogP contribution in [0.4, 0.5) is 4.79 Å². The molecule has 0 unspecified atom stereocenters. The first-order chi connectivity index (χ1) is 15.2. The van der Waals surface area contributed by atoms with Crippen molar-refractivity contribution < 1.29 is 4.79 Å². The Hall–Kier alpha value is -2.33.